The lowest BCUT2D eigenvalue weighted by atomic mass is 9.59. The second-order valence-corrected chi connectivity index (χ2v) is 17.6. The highest BCUT2D eigenvalue weighted by Crippen LogP contribution is 2.77. The minimum atomic E-state index is -2.22. The number of ether oxygens (including phenoxy) is 2. The molecule has 4 aliphatic carbocycles. The van der Waals surface area contributed by atoms with Gasteiger partial charge in [-0.15, -0.1) is 6.58 Å². The second kappa shape index (κ2) is 8.98. The molecule has 2 saturated carbocycles. The quantitative estimate of drug-likeness (QED) is 0.283. The van der Waals surface area contributed by atoms with E-state index in [-0.39, 0.29) is 25.4 Å². The van der Waals surface area contributed by atoms with Crippen LogP contribution in [0.25, 0.3) is 0 Å². The summed E-state index contributed by atoms with van der Waals surface area (Å²) in [6, 6.07) is 0. The molecule has 2 N–H and O–H groups in total. The summed E-state index contributed by atoms with van der Waals surface area (Å²) in [5.74, 6) is -3.83. The molecule has 4 aliphatic rings. The molecule has 8 atom stereocenters. The molecular weight excluding hydrogens is 504 g/mol. The molecule has 0 spiro atoms. The Bertz CT molecular complexity index is 1130. The van der Waals surface area contributed by atoms with Gasteiger partial charge in [-0.25, -0.2) is 0 Å². The smallest absolute Gasteiger partial charge is 0.309 e. The van der Waals surface area contributed by atoms with Crippen LogP contribution in [-0.4, -0.2) is 65.8 Å². The van der Waals surface area contributed by atoms with E-state index in [1.807, 2.05) is 46.5 Å². The molecule has 0 bridgehead atoms. The maximum Gasteiger partial charge on any atom is 0.309 e. The van der Waals surface area contributed by atoms with Crippen LogP contribution in [0.5, 0.6) is 0 Å². The Morgan fingerprint density at radius 1 is 1.21 bits per heavy atom. The Balaban J connectivity index is 1.91. The zero-order chi connectivity index (χ0) is 28.6. The molecular formula is C29H42O8Si. The van der Waals surface area contributed by atoms with E-state index in [4.69, 9.17) is 13.9 Å². The molecule has 0 saturated heterocycles. The average Bonchev–Trinajstić information content (AvgIpc) is 3.20. The van der Waals surface area contributed by atoms with Crippen molar-refractivity contribution < 1.29 is 38.5 Å². The number of Topliss-reactive ketones (excluding diaryl/α,β-unsaturated/α-hetero) is 1. The van der Waals surface area contributed by atoms with Gasteiger partial charge in [-0.3, -0.25) is 14.4 Å². The number of carbonyl (C=O) groups excluding carboxylic acids is 3. The highest BCUT2D eigenvalue weighted by atomic mass is 28.4. The number of rotatable bonds is 7. The molecule has 210 valence electrons. The van der Waals surface area contributed by atoms with Gasteiger partial charge in [0.1, 0.15) is 17.8 Å². The third kappa shape index (κ3) is 4.00. The predicted molar refractivity (Wildman–Crippen MR) is 143 cm³/mol. The molecule has 2 fully saturated rings. The number of hydrogen-bond donors (Lipinski definition) is 2. The molecule has 0 amide bonds. The molecule has 0 heterocycles. The summed E-state index contributed by atoms with van der Waals surface area (Å²) < 4.78 is 18.3. The summed E-state index contributed by atoms with van der Waals surface area (Å²) >= 11 is 0. The number of carbonyl (C=O) groups is 3. The third-order valence-electron chi connectivity index (χ3n) is 9.28. The Morgan fingerprint density at radius 2 is 1.84 bits per heavy atom. The van der Waals surface area contributed by atoms with E-state index in [9.17, 15) is 24.6 Å². The third-order valence-corrected chi connectivity index (χ3v) is 10.2. The van der Waals surface area contributed by atoms with E-state index in [0.29, 0.717) is 11.1 Å². The summed E-state index contributed by atoms with van der Waals surface area (Å²) in [6.07, 6.45) is 4.30. The molecule has 38 heavy (non-hydrogen) atoms. The van der Waals surface area contributed by atoms with Crippen LogP contribution in [0, 0.1) is 29.1 Å². The number of fused-ring (bicyclic) bond motifs is 5. The zero-order valence-electron chi connectivity index (χ0n) is 23.8. The monoisotopic (exact) mass is 546 g/mol. The van der Waals surface area contributed by atoms with Gasteiger partial charge in [0.2, 0.25) is 0 Å². The lowest BCUT2D eigenvalue weighted by molar-refractivity contribution is -0.215. The van der Waals surface area contributed by atoms with E-state index < -0.39 is 72.1 Å². The van der Waals surface area contributed by atoms with Crippen LogP contribution in [-0.2, 0) is 28.3 Å². The van der Waals surface area contributed by atoms with Crippen LogP contribution in [0.3, 0.4) is 0 Å². The minimum Gasteiger partial charge on any atom is -0.461 e. The zero-order valence-corrected chi connectivity index (χ0v) is 24.8. The van der Waals surface area contributed by atoms with Gasteiger partial charge in [0, 0.05) is 42.4 Å². The highest BCUT2D eigenvalue weighted by Gasteiger charge is 2.87. The Morgan fingerprint density at radius 3 is 2.39 bits per heavy atom. The van der Waals surface area contributed by atoms with Gasteiger partial charge in [0.05, 0.1) is 18.1 Å². The lowest BCUT2D eigenvalue weighted by Crippen LogP contribution is -2.67. The summed E-state index contributed by atoms with van der Waals surface area (Å²) in [5.41, 5.74) is -4.14. The standard InChI is InChI=1S/C29H42O8Si/c1-10-11-22(31)35-15-19-13-20-23-26(5,6)29(23,36-18(4)30)25(37-38(7,8)9)17(3)28(20,34)21-12-16(2)24(32)27(21,33)14-19/h10,12-13,17,20-21,23,25,33-34H,1,11,14-15H2,2-9H3/t17-,20?,21-,23-,25-,27-,28-,29-/m1/s1. The van der Waals surface area contributed by atoms with Gasteiger partial charge >= 0.3 is 11.9 Å². The Labute approximate surface area is 226 Å². The molecule has 1 unspecified atom stereocenters. The largest absolute Gasteiger partial charge is 0.461 e. The van der Waals surface area contributed by atoms with E-state index in [1.54, 1.807) is 13.0 Å². The summed E-state index contributed by atoms with van der Waals surface area (Å²) in [5, 5.41) is 24.8. The van der Waals surface area contributed by atoms with Crippen molar-refractivity contribution in [2.24, 2.45) is 29.1 Å². The maximum atomic E-state index is 13.4. The molecule has 4 rings (SSSR count). The van der Waals surface area contributed by atoms with E-state index >= 15 is 0 Å². The van der Waals surface area contributed by atoms with Crippen molar-refractivity contribution in [2.45, 2.75) is 90.0 Å². The van der Waals surface area contributed by atoms with Crippen molar-refractivity contribution in [2.75, 3.05) is 6.61 Å². The first kappa shape index (κ1) is 28.9. The summed E-state index contributed by atoms with van der Waals surface area (Å²) in [6.45, 7) is 18.5. The van der Waals surface area contributed by atoms with Crippen molar-refractivity contribution in [1.82, 2.24) is 0 Å². The highest BCUT2D eigenvalue weighted by molar-refractivity contribution is 6.69. The molecule has 8 nitrogen and oxygen atoms in total. The van der Waals surface area contributed by atoms with Crippen LogP contribution >= 0.6 is 0 Å². The van der Waals surface area contributed by atoms with Crippen molar-refractivity contribution in [1.29, 1.82) is 0 Å². The number of hydrogen-bond acceptors (Lipinski definition) is 8. The molecule has 9 heteroatoms. The minimum absolute atomic E-state index is 0.0328. The summed E-state index contributed by atoms with van der Waals surface area (Å²) in [7, 11) is -2.22. The van der Waals surface area contributed by atoms with Gasteiger partial charge in [-0.05, 0) is 37.7 Å². The SMILES string of the molecule is C=CCC(=O)OCC1=CC2[C@@H]3C(C)(C)[C@]3(OC(C)=O)[C@H](O[Si](C)(C)C)[C@@H](C)[C@]2(O)[C@@H]2C=C(C)C(=O)[C@@]2(O)C1. The summed E-state index contributed by atoms with van der Waals surface area (Å²) in [4.78, 5) is 38.0. The first-order chi connectivity index (χ1) is 17.4. The normalized spacial score (nSPS) is 41.0. The molecule has 0 aromatic rings. The predicted octanol–water partition coefficient (Wildman–Crippen LogP) is 3.49. The number of aliphatic hydroxyl groups is 2. The lowest BCUT2D eigenvalue weighted by Gasteiger charge is -2.54. The first-order valence-electron chi connectivity index (χ1n) is 13.4. The molecule has 0 aliphatic heterocycles. The van der Waals surface area contributed by atoms with Crippen LogP contribution in [0.1, 0.15) is 47.5 Å². The van der Waals surface area contributed by atoms with Gasteiger partial charge < -0.3 is 24.1 Å². The fraction of sp³-hybridized carbons (Fsp3) is 0.690. The Hall–Kier alpha value is -2.07. The number of esters is 2. The van der Waals surface area contributed by atoms with Gasteiger partial charge in [-0.2, -0.15) is 0 Å². The van der Waals surface area contributed by atoms with Gasteiger partial charge in [0.25, 0.3) is 0 Å². The van der Waals surface area contributed by atoms with Crippen LogP contribution < -0.4 is 0 Å². The van der Waals surface area contributed by atoms with Gasteiger partial charge in [-0.1, -0.05) is 39.0 Å². The van der Waals surface area contributed by atoms with Crippen molar-refractivity contribution in [3.8, 4) is 0 Å². The van der Waals surface area contributed by atoms with E-state index in [1.165, 1.54) is 13.0 Å². The van der Waals surface area contributed by atoms with Crippen molar-refractivity contribution in [3.63, 3.8) is 0 Å². The average molecular weight is 547 g/mol. The van der Waals surface area contributed by atoms with E-state index in [2.05, 4.69) is 6.58 Å². The fourth-order valence-corrected chi connectivity index (χ4v) is 8.92. The van der Waals surface area contributed by atoms with Crippen molar-refractivity contribution in [3.05, 3.63) is 36.0 Å². The fourth-order valence-electron chi connectivity index (χ4n) is 7.78. The molecule has 0 radical (unpaired) electrons. The van der Waals surface area contributed by atoms with Crippen LogP contribution in [0.4, 0.5) is 0 Å². The van der Waals surface area contributed by atoms with Gasteiger partial charge in [0.15, 0.2) is 14.1 Å². The Kier molecular flexibility index (Phi) is 6.83. The first-order valence-corrected chi connectivity index (χ1v) is 16.8. The van der Waals surface area contributed by atoms with E-state index in [0.717, 1.165) is 0 Å². The van der Waals surface area contributed by atoms with Crippen LogP contribution in [0.2, 0.25) is 19.6 Å². The molecule has 0 aromatic heterocycles. The molecule has 0 aromatic carbocycles. The van der Waals surface area contributed by atoms with Crippen molar-refractivity contribution >= 4 is 26.0 Å². The van der Waals surface area contributed by atoms with Crippen LogP contribution in [0.15, 0.2) is 36.0 Å². The second-order valence-electron chi connectivity index (χ2n) is 13.2. The topological polar surface area (TPSA) is 119 Å². The number of ketones is 1. The maximum absolute atomic E-state index is 13.4.